The molecular weight excluding hydrogens is 416 g/mol. The van der Waals surface area contributed by atoms with E-state index in [1.54, 1.807) is 6.07 Å². The molecule has 1 fully saturated rings. The van der Waals surface area contributed by atoms with Gasteiger partial charge in [-0.3, -0.25) is 0 Å². The molecule has 0 saturated heterocycles. The van der Waals surface area contributed by atoms with Crippen molar-refractivity contribution in [3.05, 3.63) is 27.6 Å². The molecule has 122 valence electrons. The molecule has 0 atom stereocenters. The van der Waals surface area contributed by atoms with Crippen LogP contribution in [0.1, 0.15) is 31.0 Å². The second-order valence-corrected chi connectivity index (χ2v) is 9.36. The Labute approximate surface area is 146 Å². The summed E-state index contributed by atoms with van der Waals surface area (Å²) in [6.07, 6.45) is 2.68. The first kappa shape index (κ1) is 17.8. The normalized spacial score (nSPS) is 16.8. The molecule has 1 aliphatic rings. The second-order valence-electron chi connectivity index (χ2n) is 4.90. The first-order valence-electron chi connectivity index (χ1n) is 6.26. The maximum Gasteiger partial charge on any atom is 0.250 e. The van der Waals surface area contributed by atoms with Crippen molar-refractivity contribution in [3.63, 3.8) is 0 Å². The van der Waals surface area contributed by atoms with E-state index in [1.165, 1.54) is 6.07 Å². The largest absolute Gasteiger partial charge is 0.338 e. The number of thiophene rings is 1. The fraction of sp³-hybridized carbons (Fsp3) is 0.455. The topological polar surface area (TPSA) is 111 Å². The average Bonchev–Trinajstić information content (AvgIpc) is 3.03. The summed E-state index contributed by atoms with van der Waals surface area (Å²) in [6, 6.07) is 3.21. The fourth-order valence-electron chi connectivity index (χ4n) is 1.98. The van der Waals surface area contributed by atoms with E-state index in [-0.39, 0.29) is 29.1 Å². The molecule has 2 heterocycles. The zero-order valence-corrected chi connectivity index (χ0v) is 15.3. The van der Waals surface area contributed by atoms with Crippen LogP contribution in [0.3, 0.4) is 0 Å². The molecular formula is C11H14BrClN4O3S2. The third kappa shape index (κ3) is 3.52. The van der Waals surface area contributed by atoms with Crippen LogP contribution in [0.5, 0.6) is 0 Å². The van der Waals surface area contributed by atoms with E-state index in [4.69, 9.17) is 10.3 Å². The van der Waals surface area contributed by atoms with E-state index >= 15 is 0 Å². The molecule has 3 rings (SSSR count). The summed E-state index contributed by atoms with van der Waals surface area (Å²) in [7, 11) is -3.58. The van der Waals surface area contributed by atoms with Gasteiger partial charge in [-0.25, -0.2) is 13.1 Å². The fourth-order valence-corrected chi connectivity index (χ4v) is 5.01. The van der Waals surface area contributed by atoms with Crippen molar-refractivity contribution < 1.29 is 12.9 Å². The van der Waals surface area contributed by atoms with Gasteiger partial charge in [-0.05, 0) is 47.3 Å². The minimum Gasteiger partial charge on any atom is -0.338 e. The van der Waals surface area contributed by atoms with Crippen molar-refractivity contribution in [1.82, 2.24) is 14.9 Å². The Morgan fingerprint density at radius 1 is 1.45 bits per heavy atom. The summed E-state index contributed by atoms with van der Waals surface area (Å²) in [6.45, 7) is -0.0546. The summed E-state index contributed by atoms with van der Waals surface area (Å²) in [5.41, 5.74) is 5.57. The first-order chi connectivity index (χ1) is 9.89. The molecule has 0 aromatic carbocycles. The minimum absolute atomic E-state index is 0. The molecule has 0 spiro atoms. The highest BCUT2D eigenvalue weighted by atomic mass is 79.9. The van der Waals surface area contributed by atoms with Gasteiger partial charge in [-0.15, -0.1) is 23.7 Å². The van der Waals surface area contributed by atoms with E-state index in [2.05, 4.69) is 30.8 Å². The van der Waals surface area contributed by atoms with Crippen molar-refractivity contribution in [1.29, 1.82) is 0 Å². The van der Waals surface area contributed by atoms with Crippen molar-refractivity contribution in [2.75, 3.05) is 0 Å². The molecule has 1 aliphatic carbocycles. The monoisotopic (exact) mass is 428 g/mol. The second kappa shape index (κ2) is 6.54. The number of halogens is 2. The molecule has 0 aliphatic heterocycles. The van der Waals surface area contributed by atoms with Crippen LogP contribution in [0.15, 0.2) is 24.7 Å². The lowest BCUT2D eigenvalue weighted by atomic mass is 9.77. The maximum absolute atomic E-state index is 12.1. The highest BCUT2D eigenvalue weighted by Crippen LogP contribution is 2.36. The van der Waals surface area contributed by atoms with Crippen molar-refractivity contribution in [3.8, 4) is 0 Å². The minimum atomic E-state index is -3.58. The molecule has 0 radical (unpaired) electrons. The highest BCUT2D eigenvalue weighted by molar-refractivity contribution is 9.11. The molecule has 7 nitrogen and oxygen atoms in total. The number of nitrogens with zero attached hydrogens (tertiary/aromatic N) is 2. The predicted molar refractivity (Wildman–Crippen MR) is 87.3 cm³/mol. The molecule has 11 heteroatoms. The molecule has 0 bridgehead atoms. The predicted octanol–water partition coefficient (Wildman–Crippen LogP) is 2.13. The summed E-state index contributed by atoms with van der Waals surface area (Å²) in [5.74, 6) is 0.655. The van der Waals surface area contributed by atoms with Crippen molar-refractivity contribution in [2.24, 2.45) is 5.73 Å². The van der Waals surface area contributed by atoms with Gasteiger partial charge in [-0.2, -0.15) is 4.98 Å². The summed E-state index contributed by atoms with van der Waals surface area (Å²) < 4.78 is 32.6. The number of aromatic nitrogens is 2. The summed E-state index contributed by atoms with van der Waals surface area (Å²) in [5, 5.41) is 3.84. The van der Waals surface area contributed by atoms with Gasteiger partial charge in [0.05, 0.1) is 15.9 Å². The van der Waals surface area contributed by atoms with E-state index in [0.29, 0.717) is 5.82 Å². The lowest BCUT2D eigenvalue weighted by Crippen LogP contribution is -2.44. The van der Waals surface area contributed by atoms with E-state index in [9.17, 15) is 8.42 Å². The number of nitrogens with two attached hydrogens (primary N) is 1. The Hall–Kier alpha value is -0.520. The summed E-state index contributed by atoms with van der Waals surface area (Å²) >= 11 is 4.36. The van der Waals surface area contributed by atoms with E-state index < -0.39 is 15.6 Å². The van der Waals surface area contributed by atoms with Crippen LogP contribution in [0.4, 0.5) is 0 Å². The number of sulfonamides is 1. The summed E-state index contributed by atoms with van der Waals surface area (Å²) in [4.78, 5) is 4.17. The average molecular weight is 430 g/mol. The van der Waals surface area contributed by atoms with Crippen LogP contribution >= 0.6 is 39.7 Å². The zero-order valence-electron chi connectivity index (χ0n) is 11.3. The molecule has 3 N–H and O–H groups in total. The molecule has 0 unspecified atom stereocenters. The Morgan fingerprint density at radius 2 is 2.18 bits per heavy atom. The van der Waals surface area contributed by atoms with Gasteiger partial charge in [-0.1, -0.05) is 5.16 Å². The number of hydrogen-bond acceptors (Lipinski definition) is 7. The Kier molecular flexibility index (Phi) is 5.30. The lowest BCUT2D eigenvalue weighted by molar-refractivity contribution is 0.229. The van der Waals surface area contributed by atoms with Crippen molar-refractivity contribution >= 4 is 49.7 Å². The van der Waals surface area contributed by atoms with E-state index in [0.717, 1.165) is 34.4 Å². The Balaban J connectivity index is 0.00000176. The van der Waals surface area contributed by atoms with Crippen LogP contribution in [-0.2, 0) is 22.1 Å². The highest BCUT2D eigenvalue weighted by Gasteiger charge is 2.39. The molecule has 1 saturated carbocycles. The molecule has 22 heavy (non-hydrogen) atoms. The smallest absolute Gasteiger partial charge is 0.250 e. The van der Waals surface area contributed by atoms with Crippen molar-refractivity contribution in [2.45, 2.75) is 35.6 Å². The van der Waals surface area contributed by atoms with Gasteiger partial charge in [0.25, 0.3) is 10.0 Å². The standard InChI is InChI=1S/C11H13BrN4O3S2.ClH/c12-7-2-3-9(20-7)21(17,18)14-6-8-15-10(16-19-8)11(13)4-1-5-11;/h2-3,14H,1,4-6,13H2;1H. The molecule has 2 aromatic rings. The SMILES string of the molecule is Cl.NC1(c2noc(CNS(=O)(=O)c3ccc(Br)s3)n2)CCC1. The van der Waals surface area contributed by atoms with Gasteiger partial charge in [0, 0.05) is 0 Å². The van der Waals surface area contributed by atoms with Gasteiger partial charge < -0.3 is 10.3 Å². The van der Waals surface area contributed by atoms with Gasteiger partial charge >= 0.3 is 0 Å². The van der Waals surface area contributed by atoms with Gasteiger partial charge in [0.1, 0.15) is 4.21 Å². The Bertz CT molecular complexity index is 757. The van der Waals surface area contributed by atoms with Gasteiger partial charge in [0.2, 0.25) is 5.89 Å². The molecule has 2 aromatic heterocycles. The maximum atomic E-state index is 12.1. The van der Waals surface area contributed by atoms with Crippen LogP contribution in [0, 0.1) is 0 Å². The quantitative estimate of drug-likeness (QED) is 0.753. The van der Waals surface area contributed by atoms with Crippen LogP contribution in [0.25, 0.3) is 0 Å². The third-order valence-electron chi connectivity index (χ3n) is 3.39. The van der Waals surface area contributed by atoms with E-state index in [1.807, 2.05) is 0 Å². The van der Waals surface area contributed by atoms with Crippen LogP contribution < -0.4 is 10.5 Å². The van der Waals surface area contributed by atoms with Crippen LogP contribution in [-0.4, -0.2) is 18.6 Å². The Morgan fingerprint density at radius 3 is 2.73 bits per heavy atom. The first-order valence-corrected chi connectivity index (χ1v) is 9.35. The van der Waals surface area contributed by atoms with Gasteiger partial charge in [0.15, 0.2) is 5.82 Å². The molecule has 0 amide bonds. The number of rotatable bonds is 5. The third-order valence-corrected chi connectivity index (χ3v) is 6.90. The number of hydrogen-bond donors (Lipinski definition) is 2. The lowest BCUT2D eigenvalue weighted by Gasteiger charge is -2.34. The van der Waals surface area contributed by atoms with Crippen LogP contribution in [0.2, 0.25) is 0 Å². The number of nitrogens with one attached hydrogen (secondary N) is 1. The zero-order chi connectivity index (χ0) is 15.1.